The summed E-state index contributed by atoms with van der Waals surface area (Å²) < 4.78 is 28.7. The third kappa shape index (κ3) is 2.92. The van der Waals surface area contributed by atoms with Gasteiger partial charge in [0.15, 0.2) is 0 Å². The van der Waals surface area contributed by atoms with E-state index in [1.165, 1.54) is 6.07 Å². The molecule has 2 aromatic rings. The van der Waals surface area contributed by atoms with Crippen LogP contribution in [0.2, 0.25) is 4.34 Å². The van der Waals surface area contributed by atoms with Crippen molar-refractivity contribution < 1.29 is 8.42 Å². The summed E-state index contributed by atoms with van der Waals surface area (Å²) in [5.41, 5.74) is 1.66. The lowest BCUT2D eigenvalue weighted by molar-refractivity contribution is 0.581. The first-order valence-electron chi connectivity index (χ1n) is 5.13. The molecule has 98 valence electrons. The molecular weight excluding hydrogens is 294 g/mol. The standard InChI is InChI=1S/C10H12ClN3O2S2/c1-7-5-8(13-14(7)2)6-12-18(15,16)10-4-3-9(11)17-10/h3-5,12H,6H2,1-2H3. The average Bonchev–Trinajstić information content (AvgIpc) is 2.85. The first-order chi connectivity index (χ1) is 8.38. The van der Waals surface area contributed by atoms with Gasteiger partial charge in [-0.25, -0.2) is 13.1 Å². The molecule has 0 aliphatic heterocycles. The van der Waals surface area contributed by atoms with Crippen LogP contribution < -0.4 is 4.72 Å². The second kappa shape index (κ2) is 5.00. The third-order valence-electron chi connectivity index (χ3n) is 2.42. The fraction of sp³-hybridized carbons (Fsp3) is 0.300. The Morgan fingerprint density at radius 2 is 2.22 bits per heavy atom. The highest BCUT2D eigenvalue weighted by Gasteiger charge is 2.16. The molecule has 0 saturated carbocycles. The molecule has 0 spiro atoms. The summed E-state index contributed by atoms with van der Waals surface area (Å²) >= 11 is 6.75. The fourth-order valence-corrected chi connectivity index (χ4v) is 3.93. The van der Waals surface area contributed by atoms with Gasteiger partial charge < -0.3 is 0 Å². The molecule has 1 N–H and O–H groups in total. The number of hydrogen-bond acceptors (Lipinski definition) is 4. The third-order valence-corrected chi connectivity index (χ3v) is 5.55. The van der Waals surface area contributed by atoms with E-state index in [0.717, 1.165) is 17.0 Å². The normalized spacial score (nSPS) is 11.9. The molecule has 0 atom stereocenters. The molecule has 0 aliphatic carbocycles. The number of sulfonamides is 1. The van der Waals surface area contributed by atoms with Crippen LogP contribution in [-0.4, -0.2) is 18.2 Å². The van der Waals surface area contributed by atoms with Gasteiger partial charge in [0.05, 0.1) is 16.6 Å². The van der Waals surface area contributed by atoms with Crippen LogP contribution in [0.5, 0.6) is 0 Å². The quantitative estimate of drug-likeness (QED) is 0.938. The van der Waals surface area contributed by atoms with E-state index in [0.29, 0.717) is 10.0 Å². The Morgan fingerprint density at radius 3 is 2.72 bits per heavy atom. The van der Waals surface area contributed by atoms with Crippen LogP contribution in [0.1, 0.15) is 11.4 Å². The minimum Gasteiger partial charge on any atom is -0.273 e. The molecule has 0 amide bonds. The van der Waals surface area contributed by atoms with Gasteiger partial charge in [-0.2, -0.15) is 5.10 Å². The van der Waals surface area contributed by atoms with E-state index in [-0.39, 0.29) is 10.8 Å². The van der Waals surface area contributed by atoms with E-state index in [9.17, 15) is 8.42 Å². The maximum Gasteiger partial charge on any atom is 0.250 e. The number of halogens is 1. The van der Waals surface area contributed by atoms with Crippen molar-refractivity contribution in [2.24, 2.45) is 7.05 Å². The Hall–Kier alpha value is -0.890. The molecule has 8 heteroatoms. The second-order valence-corrected chi connectivity index (χ2v) is 7.49. The van der Waals surface area contributed by atoms with Crippen LogP contribution in [0.3, 0.4) is 0 Å². The van der Waals surface area contributed by atoms with Gasteiger partial charge in [-0.3, -0.25) is 4.68 Å². The summed E-state index contributed by atoms with van der Waals surface area (Å²) in [6.07, 6.45) is 0. The molecule has 2 aromatic heterocycles. The van der Waals surface area contributed by atoms with Crippen LogP contribution in [0.15, 0.2) is 22.4 Å². The lowest BCUT2D eigenvalue weighted by Crippen LogP contribution is -2.22. The summed E-state index contributed by atoms with van der Waals surface area (Å²) in [6.45, 7) is 2.07. The van der Waals surface area contributed by atoms with Crippen LogP contribution in [-0.2, 0) is 23.6 Å². The van der Waals surface area contributed by atoms with Crippen molar-refractivity contribution in [2.75, 3.05) is 0 Å². The molecule has 18 heavy (non-hydrogen) atoms. The summed E-state index contributed by atoms with van der Waals surface area (Å²) in [4.78, 5) is 0. The van der Waals surface area contributed by atoms with Crippen molar-refractivity contribution in [2.45, 2.75) is 17.7 Å². The zero-order valence-electron chi connectivity index (χ0n) is 9.84. The van der Waals surface area contributed by atoms with E-state index in [1.807, 2.05) is 20.0 Å². The van der Waals surface area contributed by atoms with E-state index in [1.54, 1.807) is 10.7 Å². The maximum absolute atomic E-state index is 11.9. The number of nitrogens with zero attached hydrogens (tertiary/aromatic N) is 2. The minimum atomic E-state index is -3.51. The zero-order valence-corrected chi connectivity index (χ0v) is 12.2. The van der Waals surface area contributed by atoms with Gasteiger partial charge in [0.1, 0.15) is 4.21 Å². The SMILES string of the molecule is Cc1cc(CNS(=O)(=O)c2ccc(Cl)s2)nn1C. The smallest absolute Gasteiger partial charge is 0.250 e. The molecule has 0 bridgehead atoms. The fourth-order valence-electron chi connectivity index (χ4n) is 1.40. The summed E-state index contributed by atoms with van der Waals surface area (Å²) in [7, 11) is -1.69. The predicted molar refractivity (Wildman–Crippen MR) is 71.3 cm³/mol. The molecule has 0 aliphatic rings. The average molecular weight is 306 g/mol. The number of rotatable bonds is 4. The maximum atomic E-state index is 11.9. The van der Waals surface area contributed by atoms with Crippen molar-refractivity contribution in [3.05, 3.63) is 33.9 Å². The van der Waals surface area contributed by atoms with Crippen LogP contribution in [0, 0.1) is 6.92 Å². The van der Waals surface area contributed by atoms with Gasteiger partial charge in [0.25, 0.3) is 0 Å². The van der Waals surface area contributed by atoms with Gasteiger partial charge in [0, 0.05) is 12.7 Å². The Kier molecular flexibility index (Phi) is 3.76. The van der Waals surface area contributed by atoms with E-state index in [4.69, 9.17) is 11.6 Å². The van der Waals surface area contributed by atoms with E-state index in [2.05, 4.69) is 9.82 Å². The Labute approximate surface area is 114 Å². The molecule has 0 fully saturated rings. The van der Waals surface area contributed by atoms with Gasteiger partial charge >= 0.3 is 0 Å². The first-order valence-corrected chi connectivity index (χ1v) is 7.81. The Balaban J connectivity index is 2.10. The lowest BCUT2D eigenvalue weighted by Gasteiger charge is -2.01. The van der Waals surface area contributed by atoms with Crippen molar-refractivity contribution in [3.63, 3.8) is 0 Å². The van der Waals surface area contributed by atoms with Gasteiger partial charge in [-0.1, -0.05) is 11.6 Å². The van der Waals surface area contributed by atoms with Crippen molar-refractivity contribution in [1.82, 2.24) is 14.5 Å². The molecule has 0 unspecified atom stereocenters. The zero-order chi connectivity index (χ0) is 13.3. The largest absolute Gasteiger partial charge is 0.273 e. The number of aryl methyl sites for hydroxylation is 2. The topological polar surface area (TPSA) is 64.0 Å². The molecule has 0 saturated heterocycles. The summed E-state index contributed by atoms with van der Waals surface area (Å²) in [5, 5.41) is 4.18. The minimum absolute atomic E-state index is 0.166. The molecule has 5 nitrogen and oxygen atoms in total. The second-order valence-electron chi connectivity index (χ2n) is 3.78. The Morgan fingerprint density at radius 1 is 1.50 bits per heavy atom. The van der Waals surface area contributed by atoms with Crippen LogP contribution >= 0.6 is 22.9 Å². The molecular formula is C10H12ClN3O2S2. The molecule has 0 radical (unpaired) electrons. The molecule has 0 aromatic carbocycles. The van der Waals surface area contributed by atoms with Crippen LogP contribution in [0.4, 0.5) is 0 Å². The first kappa shape index (κ1) is 13.5. The lowest BCUT2D eigenvalue weighted by atomic mass is 10.4. The molecule has 2 heterocycles. The van der Waals surface area contributed by atoms with Crippen molar-refractivity contribution in [3.8, 4) is 0 Å². The Bertz CT molecular complexity index is 641. The number of hydrogen-bond donors (Lipinski definition) is 1. The summed E-state index contributed by atoms with van der Waals surface area (Å²) in [6, 6.07) is 4.88. The van der Waals surface area contributed by atoms with Crippen molar-refractivity contribution in [1.29, 1.82) is 0 Å². The number of nitrogens with one attached hydrogen (secondary N) is 1. The molecule has 2 rings (SSSR count). The van der Waals surface area contributed by atoms with Gasteiger partial charge in [-0.15, -0.1) is 11.3 Å². The van der Waals surface area contributed by atoms with Crippen molar-refractivity contribution >= 4 is 33.0 Å². The van der Waals surface area contributed by atoms with Gasteiger partial charge in [0.2, 0.25) is 10.0 Å². The highest BCUT2D eigenvalue weighted by Crippen LogP contribution is 2.25. The predicted octanol–water partition coefficient (Wildman–Crippen LogP) is 1.92. The van der Waals surface area contributed by atoms with E-state index >= 15 is 0 Å². The van der Waals surface area contributed by atoms with Gasteiger partial charge in [-0.05, 0) is 25.1 Å². The highest BCUT2D eigenvalue weighted by atomic mass is 35.5. The summed E-state index contributed by atoms with van der Waals surface area (Å²) in [5.74, 6) is 0. The number of thiophene rings is 1. The monoisotopic (exact) mass is 305 g/mol. The highest BCUT2D eigenvalue weighted by molar-refractivity contribution is 7.91. The number of aromatic nitrogens is 2. The van der Waals surface area contributed by atoms with E-state index < -0.39 is 10.0 Å². The van der Waals surface area contributed by atoms with Crippen LogP contribution in [0.25, 0.3) is 0 Å².